The zero-order valence-electron chi connectivity index (χ0n) is 12.0. The highest BCUT2D eigenvalue weighted by Gasteiger charge is 2.05. The second kappa shape index (κ2) is 6.03. The Hall–Kier alpha value is -1.60. The normalized spacial score (nSPS) is 11.0. The molecule has 0 bridgehead atoms. The first-order valence-electron chi connectivity index (χ1n) is 6.90. The molecule has 2 aromatic carbocycles. The number of hydrogen-bond donors (Lipinski definition) is 1. The number of hydrogen-bond acceptors (Lipinski definition) is 1. The van der Waals surface area contributed by atoms with Crippen LogP contribution in [0.1, 0.15) is 30.5 Å². The van der Waals surface area contributed by atoms with Gasteiger partial charge in [-0.2, -0.15) is 0 Å². The quantitative estimate of drug-likeness (QED) is 0.860. The summed E-state index contributed by atoms with van der Waals surface area (Å²) in [7, 11) is 0. The van der Waals surface area contributed by atoms with Crippen LogP contribution in [0.5, 0.6) is 0 Å². The first kappa shape index (κ1) is 13.8. The van der Waals surface area contributed by atoms with E-state index in [-0.39, 0.29) is 6.61 Å². The Morgan fingerprint density at radius 1 is 1.00 bits per heavy atom. The van der Waals surface area contributed by atoms with Crippen LogP contribution in [0.15, 0.2) is 42.5 Å². The molecule has 0 heterocycles. The van der Waals surface area contributed by atoms with Crippen LogP contribution in [-0.2, 0) is 13.0 Å². The molecule has 0 aliphatic carbocycles. The minimum atomic E-state index is 0.0881. The lowest BCUT2D eigenvalue weighted by Crippen LogP contribution is -1.94. The summed E-state index contributed by atoms with van der Waals surface area (Å²) < 4.78 is 0. The van der Waals surface area contributed by atoms with E-state index in [2.05, 4.69) is 63.2 Å². The van der Waals surface area contributed by atoms with Crippen molar-refractivity contribution in [1.82, 2.24) is 0 Å². The minimum Gasteiger partial charge on any atom is -0.392 e. The maximum Gasteiger partial charge on any atom is 0.0687 e. The van der Waals surface area contributed by atoms with Gasteiger partial charge in [-0.3, -0.25) is 0 Å². The third-order valence-electron chi connectivity index (χ3n) is 3.34. The van der Waals surface area contributed by atoms with Crippen LogP contribution in [0.2, 0.25) is 0 Å². The molecule has 0 aliphatic rings. The Morgan fingerprint density at radius 3 is 2.26 bits per heavy atom. The molecular weight excluding hydrogens is 232 g/mol. The second-order valence-corrected chi connectivity index (χ2v) is 5.61. The molecule has 0 aromatic heterocycles. The van der Waals surface area contributed by atoms with E-state index in [9.17, 15) is 5.11 Å². The summed E-state index contributed by atoms with van der Waals surface area (Å²) in [6.07, 6.45) is 1.11. The van der Waals surface area contributed by atoms with Crippen LogP contribution in [0, 0.1) is 12.8 Å². The van der Waals surface area contributed by atoms with Crippen LogP contribution >= 0.6 is 0 Å². The van der Waals surface area contributed by atoms with Crippen LogP contribution in [0.25, 0.3) is 11.1 Å². The highest BCUT2D eigenvalue weighted by atomic mass is 16.3. The molecular formula is C18H22O. The predicted octanol–water partition coefficient (Wildman–Crippen LogP) is 4.35. The molecule has 1 heteroatoms. The maximum absolute atomic E-state index is 9.48. The molecule has 2 rings (SSSR count). The van der Waals surface area contributed by atoms with Gasteiger partial charge in [0.15, 0.2) is 0 Å². The Labute approximate surface area is 115 Å². The van der Waals surface area contributed by atoms with Gasteiger partial charge in [0.05, 0.1) is 6.61 Å². The largest absolute Gasteiger partial charge is 0.392 e. The number of aliphatic hydroxyl groups excluding tert-OH is 1. The van der Waals surface area contributed by atoms with Gasteiger partial charge in [-0.15, -0.1) is 0 Å². The molecule has 0 fully saturated rings. The van der Waals surface area contributed by atoms with Crippen molar-refractivity contribution in [3.05, 3.63) is 59.2 Å². The fraction of sp³-hybridized carbons (Fsp3) is 0.333. The van der Waals surface area contributed by atoms with Gasteiger partial charge in [0.2, 0.25) is 0 Å². The van der Waals surface area contributed by atoms with Crippen molar-refractivity contribution in [2.24, 2.45) is 5.92 Å². The summed E-state index contributed by atoms with van der Waals surface area (Å²) in [6.45, 7) is 6.61. The van der Waals surface area contributed by atoms with Crippen LogP contribution in [0.4, 0.5) is 0 Å². The van der Waals surface area contributed by atoms with E-state index in [1.807, 2.05) is 0 Å². The average molecular weight is 254 g/mol. The van der Waals surface area contributed by atoms with Crippen molar-refractivity contribution >= 4 is 0 Å². The van der Waals surface area contributed by atoms with Gasteiger partial charge in [0, 0.05) is 0 Å². The van der Waals surface area contributed by atoms with E-state index < -0.39 is 0 Å². The molecule has 0 saturated heterocycles. The number of benzene rings is 2. The van der Waals surface area contributed by atoms with Crippen molar-refractivity contribution in [2.75, 3.05) is 0 Å². The summed E-state index contributed by atoms with van der Waals surface area (Å²) in [5, 5.41) is 9.48. The fourth-order valence-electron chi connectivity index (χ4n) is 2.43. The molecule has 19 heavy (non-hydrogen) atoms. The molecule has 0 spiro atoms. The van der Waals surface area contributed by atoms with Crippen molar-refractivity contribution < 1.29 is 5.11 Å². The Kier molecular flexibility index (Phi) is 4.39. The lowest BCUT2D eigenvalue weighted by atomic mass is 9.95. The first-order chi connectivity index (χ1) is 9.10. The van der Waals surface area contributed by atoms with Gasteiger partial charge in [0.25, 0.3) is 0 Å². The lowest BCUT2D eigenvalue weighted by Gasteiger charge is -2.10. The predicted molar refractivity (Wildman–Crippen MR) is 81.1 cm³/mol. The molecule has 0 saturated carbocycles. The third kappa shape index (κ3) is 3.45. The minimum absolute atomic E-state index is 0.0881. The molecule has 0 unspecified atom stereocenters. The van der Waals surface area contributed by atoms with Crippen molar-refractivity contribution in [3.63, 3.8) is 0 Å². The highest BCUT2D eigenvalue weighted by Crippen LogP contribution is 2.25. The molecule has 0 radical (unpaired) electrons. The van der Waals surface area contributed by atoms with Gasteiger partial charge in [-0.05, 0) is 41.5 Å². The Morgan fingerprint density at radius 2 is 1.68 bits per heavy atom. The Bertz CT molecular complexity index is 538. The molecule has 0 atom stereocenters. The van der Waals surface area contributed by atoms with Gasteiger partial charge >= 0.3 is 0 Å². The monoisotopic (exact) mass is 254 g/mol. The van der Waals surface area contributed by atoms with Gasteiger partial charge in [0.1, 0.15) is 0 Å². The van der Waals surface area contributed by atoms with Crippen LogP contribution in [0.3, 0.4) is 0 Å². The number of aryl methyl sites for hydroxylation is 1. The second-order valence-electron chi connectivity index (χ2n) is 5.61. The van der Waals surface area contributed by atoms with Crippen LogP contribution in [-0.4, -0.2) is 5.11 Å². The number of aliphatic hydroxyl groups is 1. The van der Waals surface area contributed by atoms with Gasteiger partial charge in [-0.25, -0.2) is 0 Å². The molecule has 0 aliphatic heterocycles. The van der Waals surface area contributed by atoms with E-state index in [4.69, 9.17) is 0 Å². The summed E-state index contributed by atoms with van der Waals surface area (Å²) in [5.74, 6) is 0.679. The summed E-state index contributed by atoms with van der Waals surface area (Å²) >= 11 is 0. The van der Waals surface area contributed by atoms with E-state index in [0.717, 1.165) is 17.5 Å². The summed E-state index contributed by atoms with van der Waals surface area (Å²) in [6, 6.07) is 14.9. The van der Waals surface area contributed by atoms with Crippen molar-refractivity contribution in [3.8, 4) is 11.1 Å². The smallest absolute Gasteiger partial charge is 0.0687 e. The molecule has 0 amide bonds. The first-order valence-corrected chi connectivity index (χ1v) is 6.90. The zero-order valence-corrected chi connectivity index (χ0v) is 12.0. The average Bonchev–Trinajstić information content (AvgIpc) is 2.39. The lowest BCUT2D eigenvalue weighted by molar-refractivity contribution is 0.282. The van der Waals surface area contributed by atoms with E-state index in [1.165, 1.54) is 16.7 Å². The maximum atomic E-state index is 9.48. The topological polar surface area (TPSA) is 20.2 Å². The van der Waals surface area contributed by atoms with Gasteiger partial charge < -0.3 is 5.11 Å². The standard InChI is InChI=1S/C18H22O/c1-13(2)10-15-5-7-16(8-6-15)18-9-4-14(3)11-17(18)12-19/h4-9,11,13,19H,10,12H2,1-3H3. The number of rotatable bonds is 4. The van der Waals surface area contributed by atoms with Crippen molar-refractivity contribution in [2.45, 2.75) is 33.8 Å². The van der Waals surface area contributed by atoms with E-state index in [0.29, 0.717) is 5.92 Å². The van der Waals surface area contributed by atoms with E-state index >= 15 is 0 Å². The SMILES string of the molecule is Cc1ccc(-c2ccc(CC(C)C)cc2)c(CO)c1. The molecule has 1 N–H and O–H groups in total. The van der Waals surface area contributed by atoms with Crippen molar-refractivity contribution in [1.29, 1.82) is 0 Å². The Balaban J connectivity index is 2.32. The molecule has 2 aromatic rings. The molecule has 1 nitrogen and oxygen atoms in total. The van der Waals surface area contributed by atoms with E-state index in [1.54, 1.807) is 0 Å². The van der Waals surface area contributed by atoms with Gasteiger partial charge in [-0.1, -0.05) is 61.9 Å². The summed E-state index contributed by atoms with van der Waals surface area (Å²) in [4.78, 5) is 0. The molecule has 100 valence electrons. The fourth-order valence-corrected chi connectivity index (χ4v) is 2.43. The summed E-state index contributed by atoms with van der Waals surface area (Å²) in [5.41, 5.74) is 5.86. The zero-order chi connectivity index (χ0) is 13.8. The van der Waals surface area contributed by atoms with Crippen LogP contribution < -0.4 is 0 Å². The highest BCUT2D eigenvalue weighted by molar-refractivity contribution is 5.68. The third-order valence-corrected chi connectivity index (χ3v) is 3.34.